The van der Waals surface area contributed by atoms with Crippen LogP contribution >= 0.6 is 0 Å². The third-order valence-electron chi connectivity index (χ3n) is 5.39. The van der Waals surface area contributed by atoms with Crippen LogP contribution in [-0.4, -0.2) is 9.38 Å². The summed E-state index contributed by atoms with van der Waals surface area (Å²) in [7, 11) is 0. The normalized spacial score (nSPS) is 11.2. The molecule has 0 saturated heterocycles. The number of oxazole rings is 1. The van der Waals surface area contributed by atoms with Gasteiger partial charge in [0.15, 0.2) is 0 Å². The number of hydrogen-bond acceptors (Lipinski definition) is 3. The van der Waals surface area contributed by atoms with E-state index in [0.29, 0.717) is 5.84 Å². The van der Waals surface area contributed by atoms with Gasteiger partial charge in [0.2, 0.25) is 0 Å². The maximum absolute atomic E-state index is 5.93. The van der Waals surface area contributed by atoms with E-state index >= 15 is 0 Å². The topological polar surface area (TPSA) is 39.7 Å². The van der Waals surface area contributed by atoms with E-state index in [1.165, 1.54) is 10.8 Å². The molecule has 0 aliphatic heterocycles. The molecule has 0 aliphatic rings. The van der Waals surface area contributed by atoms with Crippen LogP contribution in [0.2, 0.25) is 0 Å². The Bertz CT molecular complexity index is 1500. The van der Waals surface area contributed by atoms with Crippen molar-refractivity contribution in [1.29, 1.82) is 0 Å². The van der Waals surface area contributed by atoms with Crippen molar-refractivity contribution in [2.24, 2.45) is 0 Å². The first-order chi connectivity index (χ1) is 15.3. The average molecular weight is 402 g/mol. The largest absolute Gasteiger partial charge is 0.457 e. The van der Waals surface area contributed by atoms with Crippen molar-refractivity contribution in [2.75, 3.05) is 0 Å². The average Bonchev–Trinajstić information content (AvgIpc) is 3.41. The van der Waals surface area contributed by atoms with E-state index in [-0.39, 0.29) is 0 Å². The number of hydrogen-bond donors (Lipinski definition) is 0. The lowest BCUT2D eigenvalue weighted by molar-refractivity contribution is 0.483. The molecule has 2 aromatic heterocycles. The summed E-state index contributed by atoms with van der Waals surface area (Å²) >= 11 is 0. The molecule has 0 amide bonds. The van der Waals surface area contributed by atoms with Crippen LogP contribution in [0.1, 0.15) is 0 Å². The van der Waals surface area contributed by atoms with Gasteiger partial charge in [-0.3, -0.25) is 4.40 Å². The van der Waals surface area contributed by atoms with Gasteiger partial charge in [-0.05, 0) is 53.2 Å². The lowest BCUT2D eigenvalue weighted by atomic mass is 10.0. The van der Waals surface area contributed by atoms with Crippen molar-refractivity contribution < 1.29 is 9.15 Å². The van der Waals surface area contributed by atoms with Gasteiger partial charge in [0.25, 0.3) is 0 Å². The van der Waals surface area contributed by atoms with E-state index in [2.05, 4.69) is 42.5 Å². The molecule has 0 unspecified atom stereocenters. The Morgan fingerprint density at radius 3 is 2.23 bits per heavy atom. The zero-order chi connectivity index (χ0) is 20.6. The fraction of sp³-hybridized carbons (Fsp3) is 0. The summed E-state index contributed by atoms with van der Waals surface area (Å²) in [6.07, 6.45) is 3.57. The van der Waals surface area contributed by atoms with Crippen molar-refractivity contribution in [3.63, 3.8) is 0 Å². The Hall–Kier alpha value is -4.31. The van der Waals surface area contributed by atoms with Crippen LogP contribution in [0, 0.1) is 0 Å². The number of para-hydroxylation sites is 1. The molecule has 0 radical (unpaired) electrons. The zero-order valence-electron chi connectivity index (χ0n) is 16.6. The van der Waals surface area contributed by atoms with Crippen LogP contribution in [0.15, 0.2) is 114 Å². The monoisotopic (exact) mass is 402 g/mol. The summed E-state index contributed by atoms with van der Waals surface area (Å²) in [5, 5.41) is 2.40. The van der Waals surface area contributed by atoms with Gasteiger partial charge in [0.05, 0.1) is 5.69 Å². The lowest BCUT2D eigenvalue weighted by Crippen LogP contribution is -1.89. The molecule has 0 N–H and O–H groups in total. The summed E-state index contributed by atoms with van der Waals surface area (Å²) in [4.78, 5) is 4.77. The first kappa shape index (κ1) is 17.5. The maximum Gasteiger partial charge on any atom is 0.306 e. The van der Waals surface area contributed by atoms with E-state index in [4.69, 9.17) is 14.1 Å². The first-order valence-electron chi connectivity index (χ1n) is 10.1. The van der Waals surface area contributed by atoms with Gasteiger partial charge in [0.1, 0.15) is 23.5 Å². The third-order valence-corrected chi connectivity index (χ3v) is 5.39. The van der Waals surface area contributed by atoms with Crippen molar-refractivity contribution >= 4 is 16.6 Å². The highest BCUT2D eigenvalue weighted by molar-refractivity contribution is 5.90. The molecule has 4 nitrogen and oxygen atoms in total. The minimum absolute atomic E-state index is 0.572. The standard InChI is InChI=1S/C27H18N2O2/c1-2-8-23(9-3-1)31-24-14-12-20(13-15-24)25-26(29-16-17-30-27(29)28-25)22-11-10-19-6-4-5-7-21(19)18-22/h1-18H. The molecule has 6 aromatic rings. The zero-order valence-corrected chi connectivity index (χ0v) is 16.6. The number of fused-ring (bicyclic) bond motifs is 2. The summed E-state index contributed by atoms with van der Waals surface area (Å²) in [6, 6.07) is 32.6. The fourth-order valence-electron chi connectivity index (χ4n) is 3.90. The van der Waals surface area contributed by atoms with Gasteiger partial charge in [-0.15, -0.1) is 0 Å². The second-order valence-corrected chi connectivity index (χ2v) is 7.37. The Kier molecular flexibility index (Phi) is 4.06. The van der Waals surface area contributed by atoms with Crippen LogP contribution < -0.4 is 4.74 Å². The molecular weight excluding hydrogens is 384 g/mol. The second kappa shape index (κ2) is 7.18. The number of nitrogens with zero attached hydrogens (tertiary/aromatic N) is 2. The summed E-state index contributed by atoms with van der Waals surface area (Å²) in [6.45, 7) is 0. The Labute approximate surface area is 179 Å². The molecule has 0 saturated carbocycles. The fourth-order valence-corrected chi connectivity index (χ4v) is 3.90. The SMILES string of the molecule is c1ccc(Oc2ccc(-c3nc4occn4c3-c3ccc4ccccc4c3)cc2)cc1. The van der Waals surface area contributed by atoms with Crippen molar-refractivity contribution in [3.05, 3.63) is 110 Å². The van der Waals surface area contributed by atoms with Gasteiger partial charge < -0.3 is 9.15 Å². The Balaban J connectivity index is 1.44. The summed E-state index contributed by atoms with van der Waals surface area (Å²) < 4.78 is 13.5. The van der Waals surface area contributed by atoms with E-state index in [1.807, 2.05) is 65.2 Å². The van der Waals surface area contributed by atoms with Gasteiger partial charge in [0, 0.05) is 17.3 Å². The van der Waals surface area contributed by atoms with Crippen molar-refractivity contribution in [2.45, 2.75) is 0 Å². The number of ether oxygens (including phenoxy) is 1. The second-order valence-electron chi connectivity index (χ2n) is 7.37. The molecule has 2 heterocycles. The van der Waals surface area contributed by atoms with Gasteiger partial charge >= 0.3 is 5.84 Å². The number of aromatic nitrogens is 2. The highest BCUT2D eigenvalue weighted by Crippen LogP contribution is 2.35. The molecule has 4 aromatic carbocycles. The molecular formula is C27H18N2O2. The first-order valence-corrected chi connectivity index (χ1v) is 10.1. The highest BCUT2D eigenvalue weighted by Gasteiger charge is 2.18. The van der Waals surface area contributed by atoms with E-state index in [9.17, 15) is 0 Å². The highest BCUT2D eigenvalue weighted by atomic mass is 16.5. The quantitative estimate of drug-likeness (QED) is 0.313. The van der Waals surface area contributed by atoms with E-state index in [0.717, 1.165) is 34.0 Å². The molecule has 148 valence electrons. The smallest absolute Gasteiger partial charge is 0.306 e. The molecule has 6 rings (SSSR count). The summed E-state index contributed by atoms with van der Waals surface area (Å²) in [5.41, 5.74) is 3.97. The number of benzene rings is 4. The van der Waals surface area contributed by atoms with Crippen LogP contribution in [0.25, 0.3) is 39.1 Å². The van der Waals surface area contributed by atoms with Crippen molar-refractivity contribution in [1.82, 2.24) is 9.38 Å². The number of imidazole rings is 1. The maximum atomic E-state index is 5.93. The Morgan fingerprint density at radius 2 is 1.39 bits per heavy atom. The van der Waals surface area contributed by atoms with E-state index < -0.39 is 0 Å². The van der Waals surface area contributed by atoms with Crippen molar-refractivity contribution in [3.8, 4) is 34.0 Å². The molecule has 0 spiro atoms. The Morgan fingerprint density at radius 1 is 0.677 bits per heavy atom. The molecule has 0 bridgehead atoms. The molecule has 0 atom stereocenters. The van der Waals surface area contributed by atoms with Crippen LogP contribution in [0.3, 0.4) is 0 Å². The van der Waals surface area contributed by atoms with Gasteiger partial charge in [-0.25, -0.2) is 0 Å². The molecule has 0 aliphatic carbocycles. The van der Waals surface area contributed by atoms with Gasteiger partial charge in [-0.2, -0.15) is 4.98 Å². The minimum atomic E-state index is 0.572. The van der Waals surface area contributed by atoms with Gasteiger partial charge in [-0.1, -0.05) is 54.6 Å². The molecule has 4 heteroatoms. The van der Waals surface area contributed by atoms with Crippen LogP contribution in [0.5, 0.6) is 11.5 Å². The third kappa shape index (κ3) is 3.15. The number of rotatable bonds is 4. The van der Waals surface area contributed by atoms with Crippen LogP contribution in [0.4, 0.5) is 0 Å². The predicted octanol–water partition coefficient (Wildman–Crippen LogP) is 7.21. The minimum Gasteiger partial charge on any atom is -0.457 e. The van der Waals surface area contributed by atoms with Crippen LogP contribution in [-0.2, 0) is 0 Å². The molecule has 0 fully saturated rings. The molecule has 31 heavy (non-hydrogen) atoms. The van der Waals surface area contributed by atoms with E-state index in [1.54, 1.807) is 6.26 Å². The predicted molar refractivity (Wildman–Crippen MR) is 122 cm³/mol. The lowest BCUT2D eigenvalue weighted by Gasteiger charge is -2.08. The summed E-state index contributed by atoms with van der Waals surface area (Å²) in [5.74, 6) is 2.17.